The third kappa shape index (κ3) is 1.26. The quantitative estimate of drug-likeness (QED) is 0.738. The van der Waals surface area contributed by atoms with Crippen LogP contribution in [0.2, 0.25) is 5.02 Å². The highest BCUT2D eigenvalue weighted by Crippen LogP contribution is 2.49. The maximum atomic E-state index is 6.35. The van der Waals surface area contributed by atoms with Crippen LogP contribution >= 0.6 is 27.5 Å². The van der Waals surface area contributed by atoms with E-state index in [-0.39, 0.29) is 5.41 Å². The van der Waals surface area contributed by atoms with Crippen LogP contribution in [-0.2, 0) is 5.41 Å². The normalized spacial score (nSPS) is 20.7. The molecule has 78 valence electrons. The van der Waals surface area contributed by atoms with Crippen LogP contribution in [0.25, 0.3) is 0 Å². The summed E-state index contributed by atoms with van der Waals surface area (Å²) in [5, 5.41) is 4.16. The third-order valence-corrected chi connectivity index (χ3v) is 4.50. The number of hydrogen-bond acceptors (Lipinski definition) is 2. The van der Waals surface area contributed by atoms with Crippen LogP contribution in [0.5, 0.6) is 0 Å². The van der Waals surface area contributed by atoms with Crippen molar-refractivity contribution in [3.63, 3.8) is 0 Å². The number of halogens is 2. The Balaban J connectivity index is 2.20. The molecule has 1 spiro atoms. The fraction of sp³-hybridized carbons (Fsp3) is 0.364. The molecule has 0 atom stereocenters. The highest BCUT2D eigenvalue weighted by atomic mass is 79.9. The summed E-state index contributed by atoms with van der Waals surface area (Å²) in [6.45, 7) is 0.943. The number of nitrogens with zero attached hydrogens (tertiary/aromatic N) is 1. The van der Waals surface area contributed by atoms with E-state index in [0.29, 0.717) is 0 Å². The molecule has 2 heterocycles. The molecule has 1 aliphatic heterocycles. The molecule has 0 radical (unpaired) electrons. The Morgan fingerprint density at radius 2 is 2.13 bits per heavy atom. The van der Waals surface area contributed by atoms with Crippen LogP contribution in [0.15, 0.2) is 22.8 Å². The van der Waals surface area contributed by atoms with Gasteiger partial charge in [0.15, 0.2) is 0 Å². The third-order valence-electron chi connectivity index (χ3n) is 3.28. The fourth-order valence-electron chi connectivity index (χ4n) is 2.47. The average Bonchev–Trinajstić information content (AvgIpc) is 2.83. The lowest BCUT2D eigenvalue weighted by Gasteiger charge is -2.23. The summed E-state index contributed by atoms with van der Waals surface area (Å²) >= 11 is 9.79. The van der Waals surface area contributed by atoms with E-state index in [0.717, 1.165) is 34.7 Å². The van der Waals surface area contributed by atoms with Gasteiger partial charge in [0.05, 0.1) is 9.50 Å². The van der Waals surface area contributed by atoms with Crippen molar-refractivity contribution < 1.29 is 0 Å². The summed E-state index contributed by atoms with van der Waals surface area (Å²) in [6, 6.07) is 0. The van der Waals surface area contributed by atoms with Gasteiger partial charge >= 0.3 is 0 Å². The Bertz CT molecular complexity index is 448. The van der Waals surface area contributed by atoms with Crippen molar-refractivity contribution >= 4 is 33.3 Å². The molecule has 4 heteroatoms. The van der Waals surface area contributed by atoms with Crippen molar-refractivity contribution in [1.82, 2.24) is 4.98 Å². The van der Waals surface area contributed by atoms with Gasteiger partial charge < -0.3 is 5.32 Å². The van der Waals surface area contributed by atoms with E-state index >= 15 is 0 Å². The van der Waals surface area contributed by atoms with E-state index in [4.69, 9.17) is 11.6 Å². The molecular weight excluding hydrogens is 275 g/mol. The second-order valence-corrected chi connectivity index (χ2v) is 5.39. The predicted molar refractivity (Wildman–Crippen MR) is 65.5 cm³/mol. The minimum absolute atomic E-state index is 0.156. The van der Waals surface area contributed by atoms with Gasteiger partial charge in [0.25, 0.3) is 0 Å². The van der Waals surface area contributed by atoms with Gasteiger partial charge in [-0.1, -0.05) is 23.8 Å². The van der Waals surface area contributed by atoms with Gasteiger partial charge in [0.2, 0.25) is 0 Å². The standard InChI is InChI=1S/C11H10BrClN2/c12-7-5-14-10-8(9(7)13)11(6-15-10)3-1-2-4-11/h1-2,5H,3-4,6H2,(H,14,15). The molecule has 0 amide bonds. The Kier molecular flexibility index (Phi) is 2.08. The van der Waals surface area contributed by atoms with Crippen molar-refractivity contribution in [2.45, 2.75) is 18.3 Å². The fourth-order valence-corrected chi connectivity index (χ4v) is 3.11. The van der Waals surface area contributed by atoms with Crippen molar-refractivity contribution in [2.75, 3.05) is 11.9 Å². The zero-order chi connectivity index (χ0) is 10.5. The Hall–Kier alpha value is -0.540. The molecule has 0 saturated carbocycles. The molecule has 1 N–H and O–H groups in total. The van der Waals surface area contributed by atoms with Crippen LogP contribution < -0.4 is 5.32 Å². The topological polar surface area (TPSA) is 24.9 Å². The van der Waals surface area contributed by atoms with Gasteiger partial charge in [0.1, 0.15) is 5.82 Å². The number of anilines is 1. The van der Waals surface area contributed by atoms with Gasteiger partial charge in [-0.15, -0.1) is 0 Å². The number of pyridine rings is 1. The molecular formula is C11H10BrClN2. The minimum Gasteiger partial charge on any atom is -0.369 e. The summed E-state index contributed by atoms with van der Waals surface area (Å²) in [4.78, 5) is 4.37. The number of hydrogen-bond donors (Lipinski definition) is 1. The van der Waals surface area contributed by atoms with Crippen LogP contribution in [-0.4, -0.2) is 11.5 Å². The number of aromatic nitrogens is 1. The van der Waals surface area contributed by atoms with E-state index in [1.807, 2.05) is 0 Å². The Morgan fingerprint density at radius 1 is 1.40 bits per heavy atom. The molecule has 1 aromatic heterocycles. The lowest BCUT2D eigenvalue weighted by Crippen LogP contribution is -2.24. The molecule has 3 rings (SSSR count). The number of fused-ring (bicyclic) bond motifs is 2. The van der Waals surface area contributed by atoms with Crippen molar-refractivity contribution in [3.8, 4) is 0 Å². The van der Waals surface area contributed by atoms with Gasteiger partial charge in [-0.05, 0) is 28.8 Å². The lowest BCUT2D eigenvalue weighted by molar-refractivity contribution is 0.509. The van der Waals surface area contributed by atoms with Gasteiger partial charge in [-0.3, -0.25) is 0 Å². The first-order valence-electron chi connectivity index (χ1n) is 4.96. The SMILES string of the molecule is Clc1c(Br)cnc2c1C1(CC=CC1)CN2. The van der Waals surface area contributed by atoms with Crippen LogP contribution in [0, 0.1) is 0 Å². The number of rotatable bonds is 0. The van der Waals surface area contributed by atoms with Crippen molar-refractivity contribution in [2.24, 2.45) is 0 Å². The number of allylic oxidation sites excluding steroid dienone is 2. The first kappa shape index (κ1) is 9.67. The lowest BCUT2D eigenvalue weighted by atomic mass is 9.81. The molecule has 0 saturated heterocycles. The maximum Gasteiger partial charge on any atom is 0.131 e. The zero-order valence-corrected chi connectivity index (χ0v) is 10.4. The first-order chi connectivity index (χ1) is 7.23. The molecule has 0 unspecified atom stereocenters. The Labute approximate surface area is 102 Å². The molecule has 15 heavy (non-hydrogen) atoms. The minimum atomic E-state index is 0.156. The molecule has 0 bridgehead atoms. The molecule has 2 aliphatic rings. The van der Waals surface area contributed by atoms with Crippen LogP contribution in [0.1, 0.15) is 18.4 Å². The van der Waals surface area contributed by atoms with Gasteiger partial charge in [-0.2, -0.15) is 0 Å². The smallest absolute Gasteiger partial charge is 0.131 e. The van der Waals surface area contributed by atoms with Gasteiger partial charge in [0, 0.05) is 23.7 Å². The van der Waals surface area contributed by atoms with E-state index in [9.17, 15) is 0 Å². The number of nitrogens with one attached hydrogen (secondary N) is 1. The molecule has 1 aliphatic carbocycles. The molecule has 0 fully saturated rings. The highest BCUT2D eigenvalue weighted by molar-refractivity contribution is 9.10. The van der Waals surface area contributed by atoms with Crippen molar-refractivity contribution in [3.05, 3.63) is 33.4 Å². The summed E-state index contributed by atoms with van der Waals surface area (Å²) in [7, 11) is 0. The van der Waals surface area contributed by atoms with E-state index in [1.165, 1.54) is 5.56 Å². The van der Waals surface area contributed by atoms with Gasteiger partial charge in [-0.25, -0.2) is 4.98 Å². The Morgan fingerprint density at radius 3 is 2.87 bits per heavy atom. The van der Waals surface area contributed by atoms with Crippen LogP contribution in [0.3, 0.4) is 0 Å². The van der Waals surface area contributed by atoms with E-state index < -0.39 is 0 Å². The molecule has 1 aromatic rings. The summed E-state index contributed by atoms with van der Waals surface area (Å²) in [6.07, 6.45) is 8.34. The second kappa shape index (κ2) is 3.22. The predicted octanol–water partition coefficient (Wildman–Crippen LogP) is 3.51. The summed E-state index contributed by atoms with van der Waals surface area (Å²) in [5.74, 6) is 0.951. The van der Waals surface area contributed by atoms with E-state index in [2.05, 4.69) is 38.4 Å². The maximum absolute atomic E-state index is 6.35. The molecule has 2 nitrogen and oxygen atoms in total. The first-order valence-corrected chi connectivity index (χ1v) is 6.13. The monoisotopic (exact) mass is 284 g/mol. The summed E-state index contributed by atoms with van der Waals surface area (Å²) < 4.78 is 0.887. The van der Waals surface area contributed by atoms with Crippen LogP contribution in [0.4, 0.5) is 5.82 Å². The largest absolute Gasteiger partial charge is 0.369 e. The van der Waals surface area contributed by atoms with Crippen molar-refractivity contribution in [1.29, 1.82) is 0 Å². The average molecular weight is 286 g/mol. The highest BCUT2D eigenvalue weighted by Gasteiger charge is 2.42. The van der Waals surface area contributed by atoms with E-state index in [1.54, 1.807) is 6.20 Å². The zero-order valence-electron chi connectivity index (χ0n) is 8.06. The molecule has 0 aromatic carbocycles. The second-order valence-electron chi connectivity index (χ2n) is 4.16. The summed E-state index contributed by atoms with van der Waals surface area (Å²) in [5.41, 5.74) is 1.34.